The lowest BCUT2D eigenvalue weighted by Gasteiger charge is -2.24. The van der Waals surface area contributed by atoms with Crippen molar-refractivity contribution in [2.45, 2.75) is 39.5 Å². The highest BCUT2D eigenvalue weighted by atomic mass is 16.3. The lowest BCUT2D eigenvalue weighted by molar-refractivity contribution is 0.670. The van der Waals surface area contributed by atoms with Gasteiger partial charge >= 0.3 is 0 Å². The zero-order valence-corrected chi connectivity index (χ0v) is 31.0. The second-order valence-electron chi connectivity index (χ2n) is 15.2. The van der Waals surface area contributed by atoms with E-state index in [0.717, 1.165) is 44.4 Å². The Hall–Kier alpha value is -6.45. The van der Waals surface area contributed by atoms with Gasteiger partial charge in [-0.3, -0.25) is 4.57 Å². The molecule has 0 radical (unpaired) electrons. The summed E-state index contributed by atoms with van der Waals surface area (Å²) in [7, 11) is 0. The van der Waals surface area contributed by atoms with E-state index >= 15 is 0 Å². The average Bonchev–Trinajstić information content (AvgIpc) is 3.78. The molecule has 0 bridgehead atoms. The monoisotopic (exact) mass is 696 g/mol. The molecule has 3 heteroatoms. The third-order valence-corrected chi connectivity index (χ3v) is 11.1. The molecule has 260 valence electrons. The molecule has 0 aliphatic carbocycles. The van der Waals surface area contributed by atoms with Crippen LogP contribution >= 0.6 is 0 Å². The molecule has 0 amide bonds. The minimum Gasteiger partial charge on any atom is -0.455 e. The van der Waals surface area contributed by atoms with Gasteiger partial charge in [0.05, 0.1) is 22.3 Å². The topological polar surface area (TPSA) is 31.0 Å². The lowest BCUT2D eigenvalue weighted by Crippen LogP contribution is -2.09. The van der Waals surface area contributed by atoms with E-state index in [0.29, 0.717) is 0 Å². The number of hydrogen-bond acceptors (Lipinski definition) is 2. The fourth-order valence-corrected chi connectivity index (χ4v) is 8.38. The lowest BCUT2D eigenvalue weighted by atomic mass is 9.87. The molecule has 2 heterocycles. The molecule has 0 unspecified atom stereocenters. The fraction of sp³-hybridized carbons (Fsp3) is 0.118. The van der Waals surface area contributed by atoms with Crippen molar-refractivity contribution in [2.75, 3.05) is 0 Å². The van der Waals surface area contributed by atoms with Crippen LogP contribution in [0.3, 0.4) is 0 Å². The first-order valence-electron chi connectivity index (χ1n) is 19.0. The third kappa shape index (κ3) is 5.15. The van der Waals surface area contributed by atoms with Crippen LogP contribution in [0.4, 0.5) is 0 Å². The summed E-state index contributed by atoms with van der Waals surface area (Å²) in [5.74, 6) is 1.42. The van der Waals surface area contributed by atoms with Crippen LogP contribution in [0.25, 0.3) is 93.8 Å². The average molecular weight is 697 g/mol. The number of fused-ring (bicyclic) bond motifs is 7. The maximum atomic E-state index is 6.90. The maximum absolute atomic E-state index is 6.90. The first-order chi connectivity index (χ1) is 26.4. The normalized spacial score (nSPS) is 12.0. The molecule has 0 saturated carbocycles. The molecule has 0 atom stereocenters. The number of para-hydroxylation sites is 3. The van der Waals surface area contributed by atoms with Gasteiger partial charge in [0.15, 0.2) is 0 Å². The Bertz CT molecular complexity index is 3010. The number of hydrogen-bond donors (Lipinski definition) is 0. The van der Waals surface area contributed by atoms with Crippen LogP contribution in [-0.2, 0) is 0 Å². The van der Waals surface area contributed by atoms with Crippen molar-refractivity contribution in [1.29, 1.82) is 0 Å². The number of benzene rings is 8. The molecule has 0 spiro atoms. The van der Waals surface area contributed by atoms with Crippen molar-refractivity contribution in [3.05, 3.63) is 169 Å². The van der Waals surface area contributed by atoms with Gasteiger partial charge in [-0.2, -0.15) is 0 Å². The zero-order valence-electron chi connectivity index (χ0n) is 31.0. The Kier molecular flexibility index (Phi) is 7.52. The SMILES string of the molecule is CC(C)c1cc(-c2ccc(-c3ccccc3)cc2)cc(C(C)C)c1-n1c(-c2cccc3c2oc2cc4c(ccc5ccccc54)cc23)nc2ccccc21. The Balaban J connectivity index is 1.20. The predicted octanol–water partition coefficient (Wildman–Crippen LogP) is 14.5. The van der Waals surface area contributed by atoms with Gasteiger partial charge in [-0.25, -0.2) is 4.98 Å². The van der Waals surface area contributed by atoms with Crippen molar-refractivity contribution in [1.82, 2.24) is 9.55 Å². The van der Waals surface area contributed by atoms with E-state index in [1.165, 1.54) is 60.6 Å². The Labute approximate surface area is 315 Å². The van der Waals surface area contributed by atoms with Crippen molar-refractivity contribution < 1.29 is 4.42 Å². The van der Waals surface area contributed by atoms with E-state index in [1.807, 2.05) is 0 Å². The highest BCUT2D eigenvalue weighted by Crippen LogP contribution is 2.43. The summed E-state index contributed by atoms with van der Waals surface area (Å²) < 4.78 is 9.31. The van der Waals surface area contributed by atoms with Crippen LogP contribution in [0.2, 0.25) is 0 Å². The summed E-state index contributed by atoms with van der Waals surface area (Å²) in [4.78, 5) is 5.40. The van der Waals surface area contributed by atoms with E-state index in [4.69, 9.17) is 9.40 Å². The van der Waals surface area contributed by atoms with Gasteiger partial charge in [0, 0.05) is 10.8 Å². The van der Waals surface area contributed by atoms with Gasteiger partial charge in [0.25, 0.3) is 0 Å². The first kappa shape index (κ1) is 32.2. The summed E-state index contributed by atoms with van der Waals surface area (Å²) >= 11 is 0. The van der Waals surface area contributed by atoms with Gasteiger partial charge < -0.3 is 4.42 Å². The molecule has 0 aliphatic heterocycles. The molecule has 0 fully saturated rings. The largest absolute Gasteiger partial charge is 0.455 e. The molecule has 2 aromatic heterocycles. The second kappa shape index (κ2) is 12.6. The highest BCUT2D eigenvalue weighted by Gasteiger charge is 2.25. The van der Waals surface area contributed by atoms with E-state index in [1.54, 1.807) is 0 Å². The molecule has 54 heavy (non-hydrogen) atoms. The van der Waals surface area contributed by atoms with Crippen LogP contribution in [0.15, 0.2) is 162 Å². The molecule has 8 aromatic carbocycles. The van der Waals surface area contributed by atoms with Gasteiger partial charge in [-0.05, 0) is 109 Å². The zero-order chi connectivity index (χ0) is 36.5. The second-order valence-corrected chi connectivity index (χ2v) is 15.2. The van der Waals surface area contributed by atoms with Crippen LogP contribution in [0.5, 0.6) is 0 Å². The molecule has 10 rings (SSSR count). The number of aromatic nitrogens is 2. The highest BCUT2D eigenvalue weighted by molar-refractivity contribution is 6.17. The summed E-state index contributed by atoms with van der Waals surface area (Å²) in [5, 5.41) is 7.08. The number of imidazole rings is 1. The van der Waals surface area contributed by atoms with Crippen molar-refractivity contribution >= 4 is 54.5 Å². The molecule has 3 nitrogen and oxygen atoms in total. The van der Waals surface area contributed by atoms with Crippen LogP contribution in [0, 0.1) is 0 Å². The van der Waals surface area contributed by atoms with Crippen LogP contribution < -0.4 is 0 Å². The standard InChI is InChI=1S/C51H40N2O/c1-31(2)42-28-38(35-23-21-34(22-24-35)33-13-6-5-7-14-33)29-43(32(3)4)49(42)53-47-20-11-10-19-46(47)52-51(53)41-18-12-17-40-45-27-37-26-25-36-15-8-9-16-39(36)44(37)30-48(45)54-50(40)41/h5-32H,1-4H3. The summed E-state index contributed by atoms with van der Waals surface area (Å²) in [5.41, 5.74) is 13.5. The Morgan fingerprint density at radius 3 is 1.87 bits per heavy atom. The number of furan rings is 1. The molecule has 10 aromatic rings. The minimum absolute atomic E-state index is 0.263. The first-order valence-corrected chi connectivity index (χ1v) is 19.0. The van der Waals surface area contributed by atoms with Crippen molar-refractivity contribution in [2.24, 2.45) is 0 Å². The van der Waals surface area contributed by atoms with E-state index in [9.17, 15) is 0 Å². The van der Waals surface area contributed by atoms with E-state index in [2.05, 4.69) is 190 Å². The molecule has 0 N–H and O–H groups in total. The van der Waals surface area contributed by atoms with Crippen molar-refractivity contribution in [3.63, 3.8) is 0 Å². The number of nitrogens with zero attached hydrogens (tertiary/aromatic N) is 2. The van der Waals surface area contributed by atoms with Crippen LogP contribution in [-0.4, -0.2) is 9.55 Å². The van der Waals surface area contributed by atoms with Crippen LogP contribution in [0.1, 0.15) is 50.7 Å². The fourth-order valence-electron chi connectivity index (χ4n) is 8.38. The quantitative estimate of drug-likeness (QED) is 0.162. The number of rotatable bonds is 6. The molecular weight excluding hydrogens is 657 g/mol. The summed E-state index contributed by atoms with van der Waals surface area (Å²) in [6, 6.07) is 56.9. The van der Waals surface area contributed by atoms with Gasteiger partial charge in [-0.15, -0.1) is 0 Å². The third-order valence-electron chi connectivity index (χ3n) is 11.1. The molecular formula is C51H40N2O. The Morgan fingerprint density at radius 2 is 1.11 bits per heavy atom. The minimum atomic E-state index is 0.263. The van der Waals surface area contributed by atoms with E-state index in [-0.39, 0.29) is 11.8 Å². The summed E-state index contributed by atoms with van der Waals surface area (Å²) in [6.07, 6.45) is 0. The predicted molar refractivity (Wildman–Crippen MR) is 228 cm³/mol. The van der Waals surface area contributed by atoms with Gasteiger partial charge in [0.1, 0.15) is 17.0 Å². The van der Waals surface area contributed by atoms with Gasteiger partial charge in [-0.1, -0.05) is 143 Å². The van der Waals surface area contributed by atoms with Crippen molar-refractivity contribution in [3.8, 4) is 39.3 Å². The maximum Gasteiger partial charge on any atom is 0.149 e. The van der Waals surface area contributed by atoms with E-state index < -0.39 is 0 Å². The summed E-state index contributed by atoms with van der Waals surface area (Å²) in [6.45, 7) is 9.22. The molecule has 0 saturated heterocycles. The smallest absolute Gasteiger partial charge is 0.149 e. The molecule has 0 aliphatic rings. The van der Waals surface area contributed by atoms with Gasteiger partial charge in [0.2, 0.25) is 0 Å². The Morgan fingerprint density at radius 1 is 0.481 bits per heavy atom.